The molecule has 1 fully saturated rings. The Morgan fingerprint density at radius 3 is 2.30 bits per heavy atom. The minimum atomic E-state index is -0.967. The molecule has 4 heteroatoms. The molecule has 1 saturated heterocycles. The summed E-state index contributed by atoms with van der Waals surface area (Å²) in [5.74, 6) is -2.20. The Hall–Kier alpha value is -1.81. The zero-order valence-electron chi connectivity index (χ0n) is 18.2. The van der Waals surface area contributed by atoms with Gasteiger partial charge in [0.15, 0.2) is 11.6 Å². The maximum atomic E-state index is 14.9. The van der Waals surface area contributed by atoms with Gasteiger partial charge in [0.05, 0.1) is 12.7 Å². The van der Waals surface area contributed by atoms with Crippen molar-refractivity contribution in [2.45, 2.75) is 83.7 Å². The average molecular weight is 419 g/mol. The van der Waals surface area contributed by atoms with Crippen molar-refractivity contribution in [3.63, 3.8) is 0 Å². The topological polar surface area (TPSA) is 9.23 Å². The van der Waals surface area contributed by atoms with Gasteiger partial charge in [0.1, 0.15) is 5.82 Å². The molecule has 0 aliphatic carbocycles. The van der Waals surface area contributed by atoms with Crippen molar-refractivity contribution in [1.82, 2.24) is 0 Å². The van der Waals surface area contributed by atoms with Crippen molar-refractivity contribution in [2.75, 3.05) is 6.61 Å². The number of rotatable bonds is 9. The van der Waals surface area contributed by atoms with Crippen LogP contribution in [0, 0.1) is 17.5 Å². The van der Waals surface area contributed by atoms with Crippen molar-refractivity contribution in [2.24, 2.45) is 0 Å². The lowest BCUT2D eigenvalue weighted by Crippen LogP contribution is -2.24. The summed E-state index contributed by atoms with van der Waals surface area (Å²) in [5.41, 5.74) is 1.30. The summed E-state index contributed by atoms with van der Waals surface area (Å²) in [7, 11) is 0. The highest BCUT2D eigenvalue weighted by Crippen LogP contribution is 2.34. The maximum Gasteiger partial charge on any atom is 0.167 e. The number of halogens is 3. The molecule has 0 bridgehead atoms. The van der Waals surface area contributed by atoms with E-state index in [1.165, 1.54) is 31.4 Å². The zero-order chi connectivity index (χ0) is 21.5. The number of hydrogen-bond acceptors (Lipinski definition) is 1. The van der Waals surface area contributed by atoms with Crippen molar-refractivity contribution in [1.29, 1.82) is 0 Å². The molecule has 0 radical (unpaired) electrons. The molecule has 2 unspecified atom stereocenters. The fourth-order valence-corrected chi connectivity index (χ4v) is 4.28. The lowest BCUT2D eigenvalue weighted by molar-refractivity contribution is -0.00211. The van der Waals surface area contributed by atoms with Gasteiger partial charge in [-0.3, -0.25) is 0 Å². The highest BCUT2D eigenvalue weighted by molar-refractivity contribution is 5.66. The van der Waals surface area contributed by atoms with Crippen LogP contribution in [0.1, 0.15) is 82.3 Å². The van der Waals surface area contributed by atoms with Crippen molar-refractivity contribution in [3.8, 4) is 11.1 Å². The fourth-order valence-electron chi connectivity index (χ4n) is 4.28. The normalized spacial score (nSPS) is 19.2. The molecule has 0 saturated carbocycles. The Bertz CT molecular complexity index is 825. The second-order valence-electron chi connectivity index (χ2n) is 8.47. The first kappa shape index (κ1) is 22.9. The third-order valence-electron chi connectivity index (χ3n) is 6.22. The van der Waals surface area contributed by atoms with Crippen LogP contribution in [-0.2, 0) is 11.2 Å². The monoisotopic (exact) mass is 418 g/mol. The van der Waals surface area contributed by atoms with Gasteiger partial charge >= 0.3 is 0 Å². The van der Waals surface area contributed by atoms with Crippen LogP contribution in [0.2, 0.25) is 0 Å². The van der Waals surface area contributed by atoms with Gasteiger partial charge in [-0.25, -0.2) is 13.2 Å². The standard InChI is InChI=1S/C26H33F3O/c1-3-5-7-9-21-13-10-20(17-30-21)19-12-14-22(24(27)16-19)23-15-11-18(8-6-4-2)25(28)26(23)29/h11-12,14-16,20-21H,3-10,13,17H2,1-2H3. The summed E-state index contributed by atoms with van der Waals surface area (Å²) >= 11 is 0. The summed E-state index contributed by atoms with van der Waals surface area (Å²) < 4.78 is 49.9. The summed E-state index contributed by atoms with van der Waals surface area (Å²) in [6, 6.07) is 7.92. The number of benzene rings is 2. The van der Waals surface area contributed by atoms with Crippen LogP contribution in [-0.4, -0.2) is 12.7 Å². The molecule has 3 rings (SSSR count). The summed E-state index contributed by atoms with van der Waals surface area (Å²) in [5, 5.41) is 0. The summed E-state index contributed by atoms with van der Waals surface area (Å²) in [6.07, 6.45) is 9.15. The number of hydrogen-bond donors (Lipinski definition) is 0. The van der Waals surface area contributed by atoms with Crippen molar-refractivity contribution >= 4 is 0 Å². The lowest BCUT2D eigenvalue weighted by atomic mass is 9.89. The Labute approximate surface area is 178 Å². The molecular weight excluding hydrogens is 385 g/mol. The van der Waals surface area contributed by atoms with Crippen LogP contribution in [0.25, 0.3) is 11.1 Å². The largest absolute Gasteiger partial charge is 0.378 e. The van der Waals surface area contributed by atoms with Crippen molar-refractivity contribution in [3.05, 3.63) is 58.9 Å². The van der Waals surface area contributed by atoms with E-state index in [-0.39, 0.29) is 17.0 Å². The number of unbranched alkanes of at least 4 members (excludes halogenated alkanes) is 3. The second kappa shape index (κ2) is 11.0. The minimum absolute atomic E-state index is 0.0207. The van der Waals surface area contributed by atoms with Gasteiger partial charge < -0.3 is 4.74 Å². The first-order chi connectivity index (χ1) is 14.5. The Morgan fingerprint density at radius 1 is 0.867 bits per heavy atom. The van der Waals surface area contributed by atoms with E-state index in [0.29, 0.717) is 24.7 Å². The zero-order valence-corrected chi connectivity index (χ0v) is 18.2. The third-order valence-corrected chi connectivity index (χ3v) is 6.22. The van der Waals surface area contributed by atoms with E-state index >= 15 is 0 Å². The molecule has 1 aliphatic heterocycles. The van der Waals surface area contributed by atoms with Crippen LogP contribution in [0.4, 0.5) is 13.2 Å². The highest BCUT2D eigenvalue weighted by Gasteiger charge is 2.24. The molecule has 2 aromatic carbocycles. The number of ether oxygens (including phenoxy) is 1. The third kappa shape index (κ3) is 5.46. The molecule has 0 amide bonds. The predicted octanol–water partition coefficient (Wildman–Crippen LogP) is 7.96. The molecule has 1 aliphatic rings. The van der Waals surface area contributed by atoms with Crippen LogP contribution in [0.3, 0.4) is 0 Å². The Balaban J connectivity index is 1.70. The molecule has 2 atom stereocenters. The Morgan fingerprint density at radius 2 is 1.63 bits per heavy atom. The first-order valence-electron chi connectivity index (χ1n) is 11.4. The van der Waals surface area contributed by atoms with E-state index in [4.69, 9.17) is 4.74 Å². The average Bonchev–Trinajstić information content (AvgIpc) is 2.76. The molecule has 164 valence electrons. The first-order valence-corrected chi connectivity index (χ1v) is 11.4. The van der Waals surface area contributed by atoms with E-state index in [0.717, 1.165) is 37.7 Å². The van der Waals surface area contributed by atoms with Crippen LogP contribution in [0.5, 0.6) is 0 Å². The van der Waals surface area contributed by atoms with Gasteiger partial charge in [-0.05, 0) is 49.3 Å². The van der Waals surface area contributed by atoms with Gasteiger partial charge in [-0.1, -0.05) is 63.8 Å². The Kier molecular flexibility index (Phi) is 8.38. The van der Waals surface area contributed by atoms with E-state index in [2.05, 4.69) is 6.92 Å². The lowest BCUT2D eigenvalue weighted by Gasteiger charge is -2.29. The van der Waals surface area contributed by atoms with Gasteiger partial charge in [-0.2, -0.15) is 0 Å². The van der Waals surface area contributed by atoms with Gasteiger partial charge in [0.25, 0.3) is 0 Å². The molecule has 1 heterocycles. The minimum Gasteiger partial charge on any atom is -0.378 e. The predicted molar refractivity (Wildman–Crippen MR) is 116 cm³/mol. The smallest absolute Gasteiger partial charge is 0.167 e. The van der Waals surface area contributed by atoms with Gasteiger partial charge in [0, 0.05) is 17.0 Å². The van der Waals surface area contributed by atoms with Crippen LogP contribution in [0.15, 0.2) is 30.3 Å². The van der Waals surface area contributed by atoms with Gasteiger partial charge in [-0.15, -0.1) is 0 Å². The van der Waals surface area contributed by atoms with Crippen LogP contribution >= 0.6 is 0 Å². The molecule has 0 spiro atoms. The SMILES string of the molecule is CCCCCC1CCC(c2ccc(-c3ccc(CCCC)c(F)c3F)c(F)c2)CO1. The second-order valence-corrected chi connectivity index (χ2v) is 8.47. The van der Waals surface area contributed by atoms with E-state index in [9.17, 15) is 13.2 Å². The molecule has 30 heavy (non-hydrogen) atoms. The van der Waals surface area contributed by atoms with E-state index < -0.39 is 17.5 Å². The molecule has 0 N–H and O–H groups in total. The van der Waals surface area contributed by atoms with Crippen molar-refractivity contribution < 1.29 is 17.9 Å². The highest BCUT2D eigenvalue weighted by atomic mass is 19.2. The molecule has 0 aromatic heterocycles. The number of aryl methyl sites for hydroxylation is 1. The molecular formula is C26H33F3O. The molecule has 2 aromatic rings. The fraction of sp³-hybridized carbons (Fsp3) is 0.538. The van der Waals surface area contributed by atoms with Crippen LogP contribution < -0.4 is 0 Å². The van der Waals surface area contributed by atoms with E-state index in [1.54, 1.807) is 12.1 Å². The van der Waals surface area contributed by atoms with Gasteiger partial charge in [0.2, 0.25) is 0 Å². The molecule has 1 nitrogen and oxygen atoms in total. The summed E-state index contributed by atoms with van der Waals surface area (Å²) in [6.45, 7) is 4.78. The summed E-state index contributed by atoms with van der Waals surface area (Å²) in [4.78, 5) is 0. The maximum absolute atomic E-state index is 14.9. The van der Waals surface area contributed by atoms with E-state index in [1.807, 2.05) is 13.0 Å². The quantitative estimate of drug-likeness (QED) is 0.375.